The van der Waals surface area contributed by atoms with E-state index in [0.717, 1.165) is 43.4 Å². The molecule has 0 bridgehead atoms. The van der Waals surface area contributed by atoms with Gasteiger partial charge in [0.2, 0.25) is 5.13 Å². The van der Waals surface area contributed by atoms with Crippen molar-refractivity contribution in [1.82, 2.24) is 9.36 Å². The van der Waals surface area contributed by atoms with Crippen molar-refractivity contribution in [2.75, 3.05) is 24.5 Å². The fraction of sp³-hybridized carbons (Fsp3) is 0.818. The van der Waals surface area contributed by atoms with Crippen LogP contribution in [0.2, 0.25) is 0 Å². The molecule has 2 rings (SSSR count). The summed E-state index contributed by atoms with van der Waals surface area (Å²) in [6, 6.07) is 0. The van der Waals surface area contributed by atoms with E-state index in [0.29, 0.717) is 5.92 Å². The van der Waals surface area contributed by atoms with Gasteiger partial charge in [0, 0.05) is 31.0 Å². The minimum Gasteiger partial charge on any atom is -0.347 e. The molecule has 1 atom stereocenters. The van der Waals surface area contributed by atoms with Crippen molar-refractivity contribution >= 4 is 16.7 Å². The molecule has 0 spiro atoms. The molecular weight excluding hydrogens is 220 g/mol. The summed E-state index contributed by atoms with van der Waals surface area (Å²) in [5.74, 6) is 1.63. The highest BCUT2D eigenvalue weighted by Crippen LogP contribution is 2.24. The second kappa shape index (κ2) is 5.59. The molecule has 0 amide bonds. The van der Waals surface area contributed by atoms with E-state index < -0.39 is 0 Å². The van der Waals surface area contributed by atoms with Gasteiger partial charge in [-0.3, -0.25) is 0 Å². The number of nitrogens with zero attached hydrogens (tertiary/aromatic N) is 3. The summed E-state index contributed by atoms with van der Waals surface area (Å²) in [5, 5.41) is 1.08. The maximum absolute atomic E-state index is 5.74. The Bertz CT molecular complexity index is 326. The maximum Gasteiger partial charge on any atom is 0.205 e. The third-order valence-electron chi connectivity index (χ3n) is 3.05. The van der Waals surface area contributed by atoms with Crippen molar-refractivity contribution in [2.24, 2.45) is 11.7 Å². The average molecular weight is 240 g/mol. The molecule has 1 aromatic rings. The minimum atomic E-state index is 0.632. The van der Waals surface area contributed by atoms with Crippen molar-refractivity contribution in [2.45, 2.75) is 32.6 Å². The van der Waals surface area contributed by atoms with Crippen molar-refractivity contribution in [1.29, 1.82) is 0 Å². The van der Waals surface area contributed by atoms with E-state index in [1.807, 2.05) is 0 Å². The highest BCUT2D eigenvalue weighted by molar-refractivity contribution is 7.09. The topological polar surface area (TPSA) is 55.0 Å². The summed E-state index contributed by atoms with van der Waals surface area (Å²) in [6.07, 6.45) is 4.59. The fourth-order valence-corrected chi connectivity index (χ4v) is 2.88. The van der Waals surface area contributed by atoms with E-state index in [1.54, 1.807) is 0 Å². The summed E-state index contributed by atoms with van der Waals surface area (Å²) in [4.78, 5) is 6.93. The third kappa shape index (κ3) is 2.71. The first-order valence-corrected chi connectivity index (χ1v) is 6.88. The van der Waals surface area contributed by atoms with Gasteiger partial charge >= 0.3 is 0 Å². The van der Waals surface area contributed by atoms with Gasteiger partial charge in [0.1, 0.15) is 5.82 Å². The van der Waals surface area contributed by atoms with Gasteiger partial charge in [-0.25, -0.2) is 4.98 Å². The van der Waals surface area contributed by atoms with Crippen molar-refractivity contribution in [3.63, 3.8) is 0 Å². The molecule has 1 unspecified atom stereocenters. The van der Waals surface area contributed by atoms with Crippen LogP contribution in [0.4, 0.5) is 5.13 Å². The second-order valence-electron chi connectivity index (χ2n) is 4.43. The molecule has 0 aromatic carbocycles. The lowest BCUT2D eigenvalue weighted by Crippen LogP contribution is -2.38. The van der Waals surface area contributed by atoms with Gasteiger partial charge in [-0.2, -0.15) is 4.37 Å². The minimum absolute atomic E-state index is 0.632. The second-order valence-corrected chi connectivity index (χ2v) is 5.16. The quantitative estimate of drug-likeness (QED) is 0.869. The zero-order valence-corrected chi connectivity index (χ0v) is 10.7. The van der Waals surface area contributed by atoms with E-state index in [4.69, 9.17) is 5.73 Å². The molecule has 16 heavy (non-hydrogen) atoms. The molecule has 5 heteroatoms. The number of nitrogens with two attached hydrogens (primary N) is 1. The highest BCUT2D eigenvalue weighted by atomic mass is 32.1. The third-order valence-corrected chi connectivity index (χ3v) is 3.87. The van der Waals surface area contributed by atoms with E-state index in [2.05, 4.69) is 21.2 Å². The van der Waals surface area contributed by atoms with Crippen LogP contribution in [0, 0.1) is 5.92 Å². The first-order chi connectivity index (χ1) is 7.83. The monoisotopic (exact) mass is 240 g/mol. The number of anilines is 1. The number of aromatic nitrogens is 2. The molecule has 0 aliphatic carbocycles. The molecule has 1 fully saturated rings. The van der Waals surface area contributed by atoms with Crippen LogP contribution in [0.25, 0.3) is 0 Å². The number of hydrogen-bond donors (Lipinski definition) is 1. The highest BCUT2D eigenvalue weighted by Gasteiger charge is 2.21. The summed E-state index contributed by atoms with van der Waals surface area (Å²) in [5.41, 5.74) is 5.74. The van der Waals surface area contributed by atoms with Gasteiger partial charge in [-0.15, -0.1) is 0 Å². The van der Waals surface area contributed by atoms with Gasteiger partial charge in [-0.1, -0.05) is 6.92 Å². The Hall–Kier alpha value is -0.680. The predicted molar refractivity (Wildman–Crippen MR) is 67.9 cm³/mol. The smallest absolute Gasteiger partial charge is 0.205 e. The fourth-order valence-electron chi connectivity index (χ4n) is 2.13. The Balaban J connectivity index is 1.99. The first kappa shape index (κ1) is 11.8. The van der Waals surface area contributed by atoms with E-state index in [1.165, 1.54) is 24.4 Å². The SMILES string of the molecule is CCCc1nsc(N2CCCC(CN)C2)n1. The number of aryl methyl sites for hydroxylation is 1. The Morgan fingerprint density at radius 2 is 2.44 bits per heavy atom. The van der Waals surface area contributed by atoms with Crippen LogP contribution >= 0.6 is 11.5 Å². The van der Waals surface area contributed by atoms with E-state index >= 15 is 0 Å². The van der Waals surface area contributed by atoms with Crippen molar-refractivity contribution in [3.05, 3.63) is 5.82 Å². The molecule has 1 aromatic heterocycles. The van der Waals surface area contributed by atoms with Crippen LogP contribution in [0.1, 0.15) is 32.0 Å². The van der Waals surface area contributed by atoms with Crippen LogP contribution < -0.4 is 10.6 Å². The van der Waals surface area contributed by atoms with E-state index in [-0.39, 0.29) is 0 Å². The lowest BCUT2D eigenvalue weighted by Gasteiger charge is -2.31. The zero-order valence-electron chi connectivity index (χ0n) is 9.85. The van der Waals surface area contributed by atoms with Crippen molar-refractivity contribution < 1.29 is 0 Å². The van der Waals surface area contributed by atoms with Crippen LogP contribution in [-0.4, -0.2) is 29.0 Å². The van der Waals surface area contributed by atoms with E-state index in [9.17, 15) is 0 Å². The standard InChI is InChI=1S/C11H20N4S/c1-2-4-10-13-11(16-14-10)15-6-3-5-9(7-12)8-15/h9H,2-8,12H2,1H3. The normalized spacial score (nSPS) is 21.4. The lowest BCUT2D eigenvalue weighted by atomic mass is 9.99. The lowest BCUT2D eigenvalue weighted by molar-refractivity contribution is 0.423. The molecule has 4 nitrogen and oxygen atoms in total. The predicted octanol–water partition coefficient (Wildman–Crippen LogP) is 1.67. The van der Waals surface area contributed by atoms with Crippen molar-refractivity contribution in [3.8, 4) is 0 Å². The molecule has 1 aliphatic heterocycles. The van der Waals surface area contributed by atoms with Gasteiger partial charge in [0.05, 0.1) is 0 Å². The Morgan fingerprint density at radius 3 is 3.19 bits per heavy atom. The van der Waals surface area contributed by atoms with Gasteiger partial charge < -0.3 is 10.6 Å². The Kier molecular flexibility index (Phi) is 4.12. The molecule has 2 N–H and O–H groups in total. The maximum atomic E-state index is 5.74. The van der Waals surface area contributed by atoms with Gasteiger partial charge in [0.15, 0.2) is 0 Å². The van der Waals surface area contributed by atoms with Crippen LogP contribution in [0.5, 0.6) is 0 Å². The van der Waals surface area contributed by atoms with Crippen LogP contribution in [-0.2, 0) is 6.42 Å². The largest absolute Gasteiger partial charge is 0.347 e. The summed E-state index contributed by atoms with van der Waals surface area (Å²) < 4.78 is 4.39. The Morgan fingerprint density at radius 1 is 1.56 bits per heavy atom. The first-order valence-electron chi connectivity index (χ1n) is 6.11. The Labute approximate surface area is 101 Å². The molecule has 90 valence electrons. The summed E-state index contributed by atoms with van der Waals surface area (Å²) in [7, 11) is 0. The number of piperidine rings is 1. The molecule has 0 saturated carbocycles. The average Bonchev–Trinajstić information content (AvgIpc) is 2.78. The summed E-state index contributed by atoms with van der Waals surface area (Å²) in [6.45, 7) is 5.11. The molecule has 1 aliphatic rings. The molecule has 2 heterocycles. The molecule has 0 radical (unpaired) electrons. The van der Waals surface area contributed by atoms with Crippen LogP contribution in [0.15, 0.2) is 0 Å². The molecule has 1 saturated heterocycles. The number of hydrogen-bond acceptors (Lipinski definition) is 5. The zero-order chi connectivity index (χ0) is 11.4. The summed E-state index contributed by atoms with van der Waals surface area (Å²) >= 11 is 1.53. The molecular formula is C11H20N4S. The number of rotatable bonds is 4. The van der Waals surface area contributed by atoms with Crippen LogP contribution in [0.3, 0.4) is 0 Å². The van der Waals surface area contributed by atoms with Gasteiger partial charge in [-0.05, 0) is 31.7 Å². The van der Waals surface area contributed by atoms with Gasteiger partial charge in [0.25, 0.3) is 0 Å².